The Labute approximate surface area is 140 Å². The van der Waals surface area contributed by atoms with E-state index in [4.69, 9.17) is 5.14 Å². The lowest BCUT2D eigenvalue weighted by molar-refractivity contribution is 0.102. The van der Waals surface area contributed by atoms with E-state index in [1.54, 1.807) is 54.6 Å². The van der Waals surface area contributed by atoms with Crippen LogP contribution in [0.25, 0.3) is 11.3 Å². The highest BCUT2D eigenvalue weighted by atomic mass is 32.2. The zero-order valence-electron chi connectivity index (χ0n) is 12.4. The summed E-state index contributed by atoms with van der Waals surface area (Å²) in [6.07, 6.45) is 0. The van der Waals surface area contributed by atoms with Crippen LogP contribution in [-0.4, -0.2) is 25.4 Å². The monoisotopic (exact) mass is 342 g/mol. The standard InChI is InChI=1S/C16H14N4O3S/c17-24(23)11-7-5-10(6-8-11)18-16(22)14-9-13(19-20-14)12-3-1-2-4-15(12)21/h1-9,21H,17H2,(H,18,22)(H,19,20). The summed E-state index contributed by atoms with van der Waals surface area (Å²) in [6.45, 7) is 0. The molecule has 0 aliphatic carbocycles. The van der Waals surface area contributed by atoms with Crippen LogP contribution in [0.15, 0.2) is 59.5 Å². The number of aromatic nitrogens is 2. The average Bonchev–Trinajstić information content (AvgIpc) is 3.05. The molecule has 7 nitrogen and oxygen atoms in total. The van der Waals surface area contributed by atoms with Crippen molar-refractivity contribution >= 4 is 22.6 Å². The molecule has 122 valence electrons. The number of benzene rings is 2. The molecule has 1 amide bonds. The number of phenolic OH excluding ortho intramolecular Hbond substituents is 1. The van der Waals surface area contributed by atoms with Crippen molar-refractivity contribution in [2.45, 2.75) is 4.90 Å². The number of nitrogens with one attached hydrogen (secondary N) is 2. The first-order chi connectivity index (χ1) is 11.5. The summed E-state index contributed by atoms with van der Waals surface area (Å²) in [5.41, 5.74) is 1.78. The highest BCUT2D eigenvalue weighted by molar-refractivity contribution is 7.82. The van der Waals surface area contributed by atoms with E-state index >= 15 is 0 Å². The molecule has 1 atom stereocenters. The molecule has 24 heavy (non-hydrogen) atoms. The van der Waals surface area contributed by atoms with Crippen LogP contribution in [0.3, 0.4) is 0 Å². The molecule has 1 heterocycles. The number of aromatic hydroxyl groups is 1. The smallest absolute Gasteiger partial charge is 0.273 e. The molecule has 1 unspecified atom stereocenters. The number of anilines is 1. The summed E-state index contributed by atoms with van der Waals surface area (Å²) >= 11 is 0. The lowest BCUT2D eigenvalue weighted by Crippen LogP contribution is -2.12. The number of nitrogens with zero attached hydrogens (tertiary/aromatic N) is 1. The van der Waals surface area contributed by atoms with Gasteiger partial charge in [-0.25, -0.2) is 9.35 Å². The number of nitrogens with two attached hydrogens (primary N) is 1. The van der Waals surface area contributed by atoms with Crippen LogP contribution >= 0.6 is 0 Å². The van der Waals surface area contributed by atoms with Gasteiger partial charge >= 0.3 is 0 Å². The third kappa shape index (κ3) is 3.34. The van der Waals surface area contributed by atoms with E-state index in [9.17, 15) is 14.1 Å². The second kappa shape index (κ2) is 6.65. The molecule has 0 saturated carbocycles. The van der Waals surface area contributed by atoms with Crippen LogP contribution < -0.4 is 10.5 Å². The molecular weight excluding hydrogens is 328 g/mol. The predicted octanol–water partition coefficient (Wildman–Crippen LogP) is 2.02. The van der Waals surface area contributed by atoms with Gasteiger partial charge in [0.15, 0.2) is 0 Å². The number of para-hydroxylation sites is 1. The maximum Gasteiger partial charge on any atom is 0.273 e. The molecule has 1 aromatic heterocycles. The first-order valence-electron chi connectivity index (χ1n) is 6.96. The lowest BCUT2D eigenvalue weighted by atomic mass is 10.1. The van der Waals surface area contributed by atoms with Crippen molar-refractivity contribution in [3.8, 4) is 17.0 Å². The van der Waals surface area contributed by atoms with Gasteiger partial charge in [-0.05, 0) is 42.5 Å². The van der Waals surface area contributed by atoms with Gasteiger partial charge in [0, 0.05) is 11.3 Å². The zero-order chi connectivity index (χ0) is 17.1. The van der Waals surface area contributed by atoms with Gasteiger partial charge in [0.25, 0.3) is 5.91 Å². The number of aromatic amines is 1. The van der Waals surface area contributed by atoms with Crippen LogP contribution in [0.1, 0.15) is 10.5 Å². The number of hydrogen-bond donors (Lipinski definition) is 4. The normalized spacial score (nSPS) is 11.9. The van der Waals surface area contributed by atoms with Gasteiger partial charge in [0.2, 0.25) is 0 Å². The van der Waals surface area contributed by atoms with Gasteiger partial charge in [-0.15, -0.1) is 0 Å². The summed E-state index contributed by atoms with van der Waals surface area (Å²) in [5.74, 6) is -0.299. The van der Waals surface area contributed by atoms with Crippen LogP contribution in [-0.2, 0) is 11.0 Å². The second-order valence-corrected chi connectivity index (χ2v) is 6.03. The number of H-pyrrole nitrogens is 1. The van der Waals surface area contributed by atoms with Crippen LogP contribution in [0, 0.1) is 0 Å². The number of carbonyl (C=O) groups excluding carboxylic acids is 1. The third-order valence-corrected chi connectivity index (χ3v) is 4.08. The summed E-state index contributed by atoms with van der Waals surface area (Å²) in [6, 6.07) is 14.7. The molecular formula is C16H14N4O3S. The molecule has 0 aliphatic heterocycles. The quantitative estimate of drug-likeness (QED) is 0.579. The first kappa shape index (κ1) is 15.9. The van der Waals surface area contributed by atoms with Crippen LogP contribution in [0.5, 0.6) is 5.75 Å². The molecule has 0 fully saturated rings. The summed E-state index contributed by atoms with van der Waals surface area (Å²) in [7, 11) is -1.56. The first-order valence-corrected chi connectivity index (χ1v) is 8.17. The van der Waals surface area contributed by atoms with Crippen molar-refractivity contribution in [2.24, 2.45) is 5.14 Å². The van der Waals surface area contributed by atoms with Crippen molar-refractivity contribution in [3.05, 3.63) is 60.3 Å². The fraction of sp³-hybridized carbons (Fsp3) is 0. The Hall–Kier alpha value is -2.97. The van der Waals surface area contributed by atoms with Gasteiger partial charge in [-0.1, -0.05) is 12.1 Å². The Morgan fingerprint density at radius 3 is 2.54 bits per heavy atom. The van der Waals surface area contributed by atoms with Crippen LogP contribution in [0.2, 0.25) is 0 Å². The molecule has 3 rings (SSSR count). The predicted molar refractivity (Wildman–Crippen MR) is 90.7 cm³/mol. The van der Waals surface area contributed by atoms with Crippen molar-refractivity contribution in [1.82, 2.24) is 10.2 Å². The number of hydrogen-bond acceptors (Lipinski definition) is 4. The van der Waals surface area contributed by atoms with Crippen molar-refractivity contribution < 1.29 is 14.1 Å². The van der Waals surface area contributed by atoms with Gasteiger partial charge in [-0.3, -0.25) is 9.89 Å². The second-order valence-electron chi connectivity index (χ2n) is 4.96. The van der Waals surface area contributed by atoms with E-state index < -0.39 is 11.0 Å². The number of carbonyl (C=O) groups is 1. The molecule has 0 saturated heterocycles. The Balaban J connectivity index is 1.76. The minimum Gasteiger partial charge on any atom is -0.507 e. The highest BCUT2D eigenvalue weighted by Gasteiger charge is 2.13. The number of phenols is 1. The molecule has 0 aliphatic rings. The molecule has 0 bridgehead atoms. The van der Waals surface area contributed by atoms with Crippen molar-refractivity contribution in [3.63, 3.8) is 0 Å². The Morgan fingerprint density at radius 1 is 1.17 bits per heavy atom. The molecule has 2 aromatic carbocycles. The van der Waals surface area contributed by atoms with E-state index in [-0.39, 0.29) is 17.4 Å². The molecule has 3 aromatic rings. The van der Waals surface area contributed by atoms with Gasteiger partial charge < -0.3 is 10.4 Å². The van der Waals surface area contributed by atoms with Crippen molar-refractivity contribution in [2.75, 3.05) is 5.32 Å². The van der Waals surface area contributed by atoms with Gasteiger partial charge in [0.1, 0.15) is 22.4 Å². The van der Waals surface area contributed by atoms with E-state index in [1.165, 1.54) is 0 Å². The zero-order valence-corrected chi connectivity index (χ0v) is 13.2. The molecule has 5 N–H and O–H groups in total. The van der Waals surface area contributed by atoms with Gasteiger partial charge in [-0.2, -0.15) is 5.10 Å². The number of amides is 1. The minimum absolute atomic E-state index is 0.0846. The van der Waals surface area contributed by atoms with E-state index in [1.807, 2.05) is 0 Å². The van der Waals surface area contributed by atoms with E-state index in [2.05, 4.69) is 15.5 Å². The maximum absolute atomic E-state index is 12.2. The average molecular weight is 342 g/mol. The fourth-order valence-corrected chi connectivity index (χ4v) is 2.54. The summed E-state index contributed by atoms with van der Waals surface area (Å²) in [4.78, 5) is 12.7. The molecule has 0 radical (unpaired) electrons. The van der Waals surface area contributed by atoms with Crippen molar-refractivity contribution in [1.29, 1.82) is 0 Å². The molecule has 0 spiro atoms. The highest BCUT2D eigenvalue weighted by Crippen LogP contribution is 2.27. The number of rotatable bonds is 4. The summed E-state index contributed by atoms with van der Waals surface area (Å²) in [5, 5.41) is 24.5. The third-order valence-electron chi connectivity index (χ3n) is 3.35. The fourth-order valence-electron chi connectivity index (χ4n) is 2.14. The van der Waals surface area contributed by atoms with Crippen LogP contribution in [0.4, 0.5) is 5.69 Å². The Kier molecular flexibility index (Phi) is 4.41. The van der Waals surface area contributed by atoms with E-state index in [0.29, 0.717) is 21.8 Å². The minimum atomic E-state index is -1.56. The Morgan fingerprint density at radius 2 is 1.88 bits per heavy atom. The SMILES string of the molecule is NS(=O)c1ccc(NC(=O)c2cc(-c3ccccc3O)n[nH]2)cc1. The topological polar surface area (TPSA) is 121 Å². The summed E-state index contributed by atoms with van der Waals surface area (Å²) < 4.78 is 11.1. The largest absolute Gasteiger partial charge is 0.507 e. The maximum atomic E-state index is 12.2. The Bertz CT molecular complexity index is 906. The molecule has 8 heteroatoms. The lowest BCUT2D eigenvalue weighted by Gasteiger charge is -2.04. The van der Waals surface area contributed by atoms with E-state index in [0.717, 1.165) is 0 Å². The van der Waals surface area contributed by atoms with Gasteiger partial charge in [0.05, 0.1) is 10.6 Å².